The molecule has 1 aliphatic carbocycles. The molecule has 4 heterocycles. The molecule has 0 bridgehead atoms. The number of nitrogens with zero attached hydrogens (tertiary/aromatic N) is 5. The van der Waals surface area contributed by atoms with Crippen LogP contribution >= 0.6 is 11.8 Å². The van der Waals surface area contributed by atoms with E-state index >= 15 is 0 Å². The minimum atomic E-state index is -0.303. The van der Waals surface area contributed by atoms with Gasteiger partial charge in [-0.25, -0.2) is 5.01 Å². The van der Waals surface area contributed by atoms with E-state index in [0.29, 0.717) is 23.9 Å². The summed E-state index contributed by atoms with van der Waals surface area (Å²) in [4.78, 5) is 13.2. The Bertz CT molecular complexity index is 1290. The Kier molecular flexibility index (Phi) is 4.64. The molecule has 8 nitrogen and oxygen atoms in total. The fraction of sp³-hybridized carbons (Fsp3) is 0.304. The first-order valence-electron chi connectivity index (χ1n) is 10.6. The zero-order chi connectivity index (χ0) is 21.7. The van der Waals surface area contributed by atoms with E-state index in [2.05, 4.69) is 15.3 Å². The summed E-state index contributed by atoms with van der Waals surface area (Å²) in [5, 5.41) is 16.5. The van der Waals surface area contributed by atoms with Crippen LogP contribution in [0.2, 0.25) is 0 Å². The normalized spacial score (nSPS) is 18.5. The van der Waals surface area contributed by atoms with Crippen LogP contribution in [0.4, 0.5) is 0 Å². The van der Waals surface area contributed by atoms with Gasteiger partial charge in [0.25, 0.3) is 5.91 Å². The summed E-state index contributed by atoms with van der Waals surface area (Å²) in [5.41, 5.74) is 1.53. The highest BCUT2D eigenvalue weighted by Gasteiger charge is 2.36. The molecular formula is C23H21N5O3S. The minimum absolute atomic E-state index is 0.113. The van der Waals surface area contributed by atoms with E-state index in [-0.39, 0.29) is 17.7 Å². The van der Waals surface area contributed by atoms with Gasteiger partial charge in [-0.2, -0.15) is 5.10 Å². The smallest absolute Gasteiger partial charge is 0.253 e. The Hall–Kier alpha value is -3.33. The molecule has 1 saturated carbocycles. The molecule has 0 N–H and O–H groups in total. The van der Waals surface area contributed by atoms with E-state index in [9.17, 15) is 4.79 Å². The maximum absolute atomic E-state index is 13.2. The van der Waals surface area contributed by atoms with Crippen LogP contribution in [0.3, 0.4) is 0 Å². The van der Waals surface area contributed by atoms with E-state index in [1.807, 2.05) is 54.1 Å². The summed E-state index contributed by atoms with van der Waals surface area (Å²) in [7, 11) is 1.96. The van der Waals surface area contributed by atoms with Gasteiger partial charge in [0.05, 0.1) is 12.0 Å². The van der Waals surface area contributed by atoms with Crippen molar-refractivity contribution < 1.29 is 13.6 Å². The Balaban J connectivity index is 1.25. The number of rotatable bonds is 6. The lowest BCUT2D eigenvalue weighted by Crippen LogP contribution is -2.28. The summed E-state index contributed by atoms with van der Waals surface area (Å²) in [6.07, 6.45) is 4.46. The third kappa shape index (κ3) is 3.42. The summed E-state index contributed by atoms with van der Waals surface area (Å²) >= 11 is 1.38. The van der Waals surface area contributed by atoms with Gasteiger partial charge in [-0.1, -0.05) is 30.0 Å². The van der Waals surface area contributed by atoms with Gasteiger partial charge in [0.1, 0.15) is 28.9 Å². The van der Waals surface area contributed by atoms with E-state index in [0.717, 1.165) is 40.5 Å². The minimum Gasteiger partial charge on any atom is -0.467 e. The fourth-order valence-electron chi connectivity index (χ4n) is 4.06. The second-order valence-corrected chi connectivity index (χ2v) is 9.07. The zero-order valence-corrected chi connectivity index (χ0v) is 18.3. The lowest BCUT2D eigenvalue weighted by atomic mass is 10.1. The van der Waals surface area contributed by atoms with Crippen LogP contribution in [0.1, 0.15) is 48.6 Å². The van der Waals surface area contributed by atoms with Gasteiger partial charge < -0.3 is 13.4 Å². The van der Waals surface area contributed by atoms with Crippen molar-refractivity contribution in [2.75, 3.05) is 5.75 Å². The summed E-state index contributed by atoms with van der Waals surface area (Å²) in [6, 6.07) is 13.2. The SMILES string of the molecule is Cn1c(SCC(=O)N2N=C(c3cc4ccccc4o3)CC2c2ccco2)nnc1C1CC1. The predicted molar refractivity (Wildman–Crippen MR) is 119 cm³/mol. The van der Waals surface area contributed by atoms with Crippen molar-refractivity contribution in [3.8, 4) is 0 Å². The molecule has 1 atom stereocenters. The van der Waals surface area contributed by atoms with E-state index in [4.69, 9.17) is 8.83 Å². The first-order chi connectivity index (χ1) is 15.7. The molecule has 1 unspecified atom stereocenters. The zero-order valence-electron chi connectivity index (χ0n) is 17.5. The number of furan rings is 2. The topological polar surface area (TPSA) is 89.7 Å². The van der Waals surface area contributed by atoms with Gasteiger partial charge in [-0.15, -0.1) is 10.2 Å². The van der Waals surface area contributed by atoms with Crippen molar-refractivity contribution in [3.63, 3.8) is 0 Å². The van der Waals surface area contributed by atoms with Crippen LogP contribution in [-0.4, -0.2) is 37.1 Å². The maximum Gasteiger partial charge on any atom is 0.253 e. The molecule has 0 saturated heterocycles. The average molecular weight is 448 g/mol. The predicted octanol–water partition coefficient (Wildman–Crippen LogP) is 4.50. The van der Waals surface area contributed by atoms with Crippen molar-refractivity contribution in [1.82, 2.24) is 19.8 Å². The van der Waals surface area contributed by atoms with Crippen molar-refractivity contribution in [2.24, 2.45) is 12.1 Å². The number of hydrogen-bond donors (Lipinski definition) is 0. The van der Waals surface area contributed by atoms with E-state index in [1.54, 1.807) is 6.26 Å². The van der Waals surface area contributed by atoms with E-state index < -0.39 is 0 Å². The van der Waals surface area contributed by atoms with Gasteiger partial charge in [0, 0.05) is 24.8 Å². The highest BCUT2D eigenvalue weighted by atomic mass is 32.2. The first-order valence-corrected chi connectivity index (χ1v) is 11.6. The summed E-state index contributed by atoms with van der Waals surface area (Å²) < 4.78 is 13.6. The quantitative estimate of drug-likeness (QED) is 0.404. The molecular weight excluding hydrogens is 426 g/mol. The Labute approximate surface area is 188 Å². The number of carbonyl (C=O) groups is 1. The third-order valence-corrected chi connectivity index (χ3v) is 6.89. The van der Waals surface area contributed by atoms with Gasteiger partial charge >= 0.3 is 0 Å². The van der Waals surface area contributed by atoms with Crippen molar-refractivity contribution in [1.29, 1.82) is 0 Å². The first kappa shape index (κ1) is 19.4. The molecule has 1 aromatic carbocycles. The number of aromatic nitrogens is 3. The molecule has 1 aliphatic heterocycles. The van der Waals surface area contributed by atoms with Crippen LogP contribution < -0.4 is 0 Å². The summed E-state index contributed by atoms with van der Waals surface area (Å²) in [6.45, 7) is 0. The number of hydrogen-bond acceptors (Lipinski definition) is 7. The number of hydrazone groups is 1. The Morgan fingerprint density at radius 1 is 1.19 bits per heavy atom. The lowest BCUT2D eigenvalue weighted by Gasteiger charge is -2.19. The van der Waals surface area contributed by atoms with Crippen LogP contribution in [0.25, 0.3) is 11.0 Å². The second kappa shape index (κ2) is 7.67. The lowest BCUT2D eigenvalue weighted by molar-refractivity contribution is -0.130. The standard InChI is InChI=1S/C23H21N5O3S/c1-27-22(14-8-9-14)24-25-23(27)32-13-21(29)28-17(19-7-4-10-30-19)12-16(26-28)20-11-15-5-2-3-6-18(15)31-20/h2-7,10-11,14,17H,8-9,12-13H2,1H3. The molecule has 2 aliphatic rings. The highest BCUT2D eigenvalue weighted by molar-refractivity contribution is 7.99. The molecule has 162 valence electrons. The van der Waals surface area contributed by atoms with Crippen LogP contribution in [0.15, 0.2) is 67.8 Å². The number of fused-ring (bicyclic) bond motifs is 1. The van der Waals surface area contributed by atoms with Gasteiger partial charge in [-0.3, -0.25) is 4.79 Å². The largest absolute Gasteiger partial charge is 0.467 e. The summed E-state index contributed by atoms with van der Waals surface area (Å²) in [5.74, 6) is 2.99. The highest BCUT2D eigenvalue weighted by Crippen LogP contribution is 2.40. The number of benzene rings is 1. The van der Waals surface area contributed by atoms with Gasteiger partial charge in [-0.05, 0) is 37.1 Å². The Morgan fingerprint density at radius 3 is 2.84 bits per heavy atom. The number of thioether (sulfide) groups is 1. The average Bonchev–Trinajstić information content (AvgIpc) is 3.23. The molecule has 1 amide bonds. The molecule has 4 aromatic rings. The van der Waals surface area contributed by atoms with Crippen molar-refractivity contribution in [3.05, 3.63) is 66.1 Å². The molecule has 9 heteroatoms. The number of para-hydroxylation sites is 1. The molecule has 0 spiro atoms. The van der Waals surface area contributed by atoms with Crippen molar-refractivity contribution >= 4 is 34.3 Å². The van der Waals surface area contributed by atoms with Crippen molar-refractivity contribution in [2.45, 2.75) is 36.4 Å². The second-order valence-electron chi connectivity index (χ2n) is 8.13. The van der Waals surface area contributed by atoms with Gasteiger partial charge in [0.2, 0.25) is 0 Å². The molecule has 3 aromatic heterocycles. The monoisotopic (exact) mass is 447 g/mol. The number of carbonyl (C=O) groups excluding carboxylic acids is 1. The maximum atomic E-state index is 13.2. The third-order valence-electron chi connectivity index (χ3n) is 5.88. The van der Waals surface area contributed by atoms with Crippen LogP contribution in [0, 0.1) is 0 Å². The van der Waals surface area contributed by atoms with Gasteiger partial charge in [0.15, 0.2) is 10.9 Å². The van der Waals surface area contributed by atoms with Crippen LogP contribution in [-0.2, 0) is 11.8 Å². The molecule has 0 radical (unpaired) electrons. The number of amides is 1. The molecule has 32 heavy (non-hydrogen) atoms. The van der Waals surface area contributed by atoms with Crippen LogP contribution in [0.5, 0.6) is 0 Å². The molecule has 6 rings (SSSR count). The van der Waals surface area contributed by atoms with E-state index in [1.165, 1.54) is 16.8 Å². The molecule has 1 fully saturated rings. The Morgan fingerprint density at radius 2 is 2.06 bits per heavy atom. The fourth-order valence-corrected chi connectivity index (χ4v) is 4.83.